The summed E-state index contributed by atoms with van der Waals surface area (Å²) in [7, 11) is 0. The van der Waals surface area contributed by atoms with Gasteiger partial charge in [0, 0.05) is 22.8 Å². The molecule has 0 aliphatic heterocycles. The van der Waals surface area contributed by atoms with E-state index in [-0.39, 0.29) is 21.1 Å². The van der Waals surface area contributed by atoms with E-state index in [1.54, 1.807) is 12.5 Å². The van der Waals surface area contributed by atoms with Gasteiger partial charge in [0.05, 0.1) is 18.0 Å². The molecule has 0 spiro atoms. The fourth-order valence-corrected chi connectivity index (χ4v) is 5.14. The Morgan fingerprint density at radius 1 is 0.700 bits per heavy atom. The average Bonchev–Trinajstić information content (AvgIpc) is 3.75. The van der Waals surface area contributed by atoms with Crippen LogP contribution < -0.4 is 0 Å². The van der Waals surface area contributed by atoms with Crippen molar-refractivity contribution >= 4 is 32.9 Å². The van der Waals surface area contributed by atoms with Gasteiger partial charge in [-0.3, -0.25) is 4.98 Å². The summed E-state index contributed by atoms with van der Waals surface area (Å²) < 4.78 is 13.5. The van der Waals surface area contributed by atoms with Gasteiger partial charge in [0.15, 0.2) is 0 Å². The predicted octanol–water partition coefficient (Wildman–Crippen LogP) is 8.51. The third-order valence-electron chi connectivity index (χ3n) is 7.02. The van der Waals surface area contributed by atoms with Crippen molar-refractivity contribution in [3.05, 3.63) is 128 Å². The molecule has 0 N–H and O–H groups in total. The van der Waals surface area contributed by atoms with E-state index in [4.69, 9.17) is 18.8 Å². The molecule has 0 atom stereocenters. The van der Waals surface area contributed by atoms with Crippen molar-refractivity contribution in [3.8, 4) is 39.5 Å². The van der Waals surface area contributed by atoms with Gasteiger partial charge in [-0.05, 0) is 46.5 Å². The van der Waals surface area contributed by atoms with E-state index in [1.165, 1.54) is 0 Å². The van der Waals surface area contributed by atoms with Crippen LogP contribution in [0, 0.1) is 12.1 Å². The van der Waals surface area contributed by atoms with Gasteiger partial charge in [-0.1, -0.05) is 53.4 Å². The van der Waals surface area contributed by atoms with Gasteiger partial charge in [0.2, 0.25) is 0 Å². The molecule has 0 radical (unpaired) electrons. The molecule has 192 valence electrons. The third-order valence-corrected chi connectivity index (χ3v) is 7.02. The second-order valence-electron chi connectivity index (χ2n) is 9.37. The summed E-state index contributed by atoms with van der Waals surface area (Å²) in [6, 6.07) is 39.7. The quantitative estimate of drug-likeness (QED) is 0.173. The van der Waals surface area contributed by atoms with Crippen LogP contribution in [-0.2, 0) is 21.1 Å². The van der Waals surface area contributed by atoms with E-state index >= 15 is 0 Å². The summed E-state index contributed by atoms with van der Waals surface area (Å²) in [5.74, 6) is 0.551. The third kappa shape index (κ3) is 3.98. The molecule has 6 heteroatoms. The van der Waals surface area contributed by atoms with Crippen molar-refractivity contribution < 1.29 is 29.9 Å². The minimum Gasteiger partial charge on any atom is -0.481 e. The first-order chi connectivity index (χ1) is 19.3. The Morgan fingerprint density at radius 3 is 2.45 bits per heavy atom. The maximum Gasteiger partial charge on any atom is 2.00 e. The minimum absolute atomic E-state index is 0. The van der Waals surface area contributed by atoms with Crippen molar-refractivity contribution in [2.75, 3.05) is 0 Å². The zero-order valence-electron chi connectivity index (χ0n) is 20.9. The largest absolute Gasteiger partial charge is 2.00 e. The second-order valence-corrected chi connectivity index (χ2v) is 9.37. The van der Waals surface area contributed by atoms with E-state index in [0.717, 1.165) is 66.5 Å². The monoisotopic (exact) mass is 696 g/mol. The Bertz CT molecular complexity index is 2090. The van der Waals surface area contributed by atoms with E-state index in [2.05, 4.69) is 59.2 Å². The first kappa shape index (κ1) is 24.3. The molecule has 8 aromatic rings. The zero-order valence-corrected chi connectivity index (χ0v) is 23.2. The number of nitrogens with zero attached hydrogens (tertiary/aromatic N) is 3. The van der Waals surface area contributed by atoms with Crippen LogP contribution in [0.2, 0.25) is 0 Å². The van der Waals surface area contributed by atoms with Crippen LogP contribution in [0.4, 0.5) is 0 Å². The number of aromatic nitrogens is 3. The molecule has 0 aliphatic rings. The van der Waals surface area contributed by atoms with Gasteiger partial charge in [-0.25, -0.2) is 0 Å². The van der Waals surface area contributed by atoms with E-state index in [0.29, 0.717) is 5.89 Å². The molecule has 5 nitrogen and oxygen atoms in total. The topological polar surface area (TPSA) is 57.0 Å². The molecule has 0 unspecified atom stereocenters. The molecule has 0 saturated carbocycles. The van der Waals surface area contributed by atoms with Crippen LogP contribution in [0.15, 0.2) is 125 Å². The summed E-state index contributed by atoms with van der Waals surface area (Å²) in [6.07, 6.45) is 5.25. The van der Waals surface area contributed by atoms with Crippen molar-refractivity contribution in [2.24, 2.45) is 0 Å². The minimum atomic E-state index is 0. The first-order valence-electron chi connectivity index (χ1n) is 12.6. The number of para-hydroxylation sites is 3. The van der Waals surface area contributed by atoms with Gasteiger partial charge < -0.3 is 18.4 Å². The molecule has 0 saturated heterocycles. The smallest absolute Gasteiger partial charge is 0.481 e. The van der Waals surface area contributed by atoms with Crippen LogP contribution in [-0.4, -0.2) is 14.5 Å². The van der Waals surface area contributed by atoms with E-state index in [1.807, 2.05) is 60.8 Å². The van der Waals surface area contributed by atoms with Gasteiger partial charge in [0.1, 0.15) is 11.5 Å². The van der Waals surface area contributed by atoms with Crippen molar-refractivity contribution in [1.82, 2.24) is 14.5 Å². The number of benzene rings is 4. The van der Waals surface area contributed by atoms with Crippen LogP contribution >= 0.6 is 0 Å². The molecule has 0 bridgehead atoms. The molecule has 0 aliphatic carbocycles. The Labute approximate surface area is 244 Å². The molecular formula is C34H19N3O2Pt. The fourth-order valence-electron chi connectivity index (χ4n) is 5.14. The van der Waals surface area contributed by atoms with E-state index in [9.17, 15) is 0 Å². The summed E-state index contributed by atoms with van der Waals surface area (Å²) in [5.41, 5.74) is 9.08. The van der Waals surface area contributed by atoms with Crippen molar-refractivity contribution in [2.45, 2.75) is 0 Å². The first-order valence-corrected chi connectivity index (χ1v) is 12.6. The van der Waals surface area contributed by atoms with Crippen molar-refractivity contribution in [1.29, 1.82) is 0 Å². The zero-order chi connectivity index (χ0) is 25.8. The Morgan fingerprint density at radius 2 is 1.60 bits per heavy atom. The van der Waals surface area contributed by atoms with Crippen LogP contribution in [0.25, 0.3) is 72.4 Å². The van der Waals surface area contributed by atoms with Gasteiger partial charge >= 0.3 is 21.1 Å². The molecule has 4 aromatic heterocycles. The number of rotatable bonds is 4. The van der Waals surface area contributed by atoms with Crippen molar-refractivity contribution in [3.63, 3.8) is 0 Å². The molecular weight excluding hydrogens is 677 g/mol. The maximum atomic E-state index is 6.06. The van der Waals surface area contributed by atoms with Gasteiger partial charge in [-0.2, -0.15) is 0 Å². The number of furan rings is 1. The normalized spacial score (nSPS) is 11.3. The second kappa shape index (κ2) is 9.78. The molecule has 4 heterocycles. The summed E-state index contributed by atoms with van der Waals surface area (Å²) in [4.78, 5) is 9.41. The van der Waals surface area contributed by atoms with Gasteiger partial charge in [0.25, 0.3) is 0 Å². The Balaban J connectivity index is 0.00000264. The predicted molar refractivity (Wildman–Crippen MR) is 152 cm³/mol. The SMILES string of the molecule is [Pt+2].[c-]1c(-c2ccc(-c3ccoc3)cn2)cccc1-n1c2[c-]c(-c3nc4ccccc4o3)ccc2c2ccccc21. The number of hydrogen-bond acceptors (Lipinski definition) is 4. The van der Waals surface area contributed by atoms with Crippen LogP contribution in [0.1, 0.15) is 0 Å². The number of oxazole rings is 1. The molecule has 0 amide bonds. The Kier molecular flexibility index (Phi) is 5.95. The summed E-state index contributed by atoms with van der Waals surface area (Å²) in [6.45, 7) is 0. The maximum absolute atomic E-state index is 6.06. The summed E-state index contributed by atoms with van der Waals surface area (Å²) in [5, 5.41) is 2.25. The molecule has 8 rings (SSSR count). The fraction of sp³-hybridized carbons (Fsp3) is 0. The molecule has 0 fully saturated rings. The number of hydrogen-bond donors (Lipinski definition) is 0. The standard InChI is InChI=1S/C34H19N3O2.Pt/c1-3-10-31-27(8-1)28-14-12-23(34-36-30-9-2-4-11-33(30)39-34)19-32(28)37(31)26-7-5-6-22(18-26)29-15-13-24(20-35-29)25-16-17-38-21-25;/h1-17,20-21H;/q-2;+2. The number of pyridine rings is 1. The summed E-state index contributed by atoms with van der Waals surface area (Å²) >= 11 is 0. The van der Waals surface area contributed by atoms with Crippen LogP contribution in [0.3, 0.4) is 0 Å². The Hall–Kier alpha value is -4.73. The molecule has 40 heavy (non-hydrogen) atoms. The van der Waals surface area contributed by atoms with E-state index < -0.39 is 0 Å². The van der Waals surface area contributed by atoms with Crippen LogP contribution in [0.5, 0.6) is 0 Å². The molecule has 4 aromatic carbocycles. The van der Waals surface area contributed by atoms with Gasteiger partial charge in [-0.15, -0.1) is 48.0 Å². The number of fused-ring (bicyclic) bond motifs is 4. The average molecular weight is 697 g/mol.